The molecule has 0 aliphatic rings. The molecule has 2 rings (SSSR count). The number of carboxylic acids is 1. The molecule has 0 saturated carbocycles. The van der Waals surface area contributed by atoms with Crippen molar-refractivity contribution < 1.29 is 19.4 Å². The molecule has 0 radical (unpaired) electrons. The first-order valence-corrected chi connectivity index (χ1v) is 5.60. The van der Waals surface area contributed by atoms with Crippen LogP contribution in [0.3, 0.4) is 0 Å². The minimum absolute atomic E-state index is 0.0842. The number of aromatic carboxylic acids is 1. The van der Waals surface area contributed by atoms with Gasteiger partial charge in [-0.2, -0.15) is 5.26 Å². The molecule has 100 valence electrons. The second kappa shape index (κ2) is 5.71. The number of ether oxygens (including phenoxy) is 2. The molecule has 6 nitrogen and oxygen atoms in total. The van der Waals surface area contributed by atoms with E-state index in [2.05, 4.69) is 4.98 Å². The Hall–Kier alpha value is -3.07. The lowest BCUT2D eigenvalue weighted by Gasteiger charge is -2.11. The van der Waals surface area contributed by atoms with Crippen LogP contribution in [0.1, 0.15) is 16.1 Å². The fraction of sp³-hybridized carbons (Fsp3) is 0.0714. The van der Waals surface area contributed by atoms with Crippen molar-refractivity contribution in [3.05, 3.63) is 47.8 Å². The van der Waals surface area contributed by atoms with Crippen LogP contribution in [0.15, 0.2) is 36.5 Å². The minimum Gasteiger partial charge on any atom is -0.493 e. The number of rotatable bonds is 4. The highest BCUT2D eigenvalue weighted by Gasteiger charge is 2.12. The van der Waals surface area contributed by atoms with E-state index in [0.29, 0.717) is 5.75 Å². The maximum absolute atomic E-state index is 10.9. The summed E-state index contributed by atoms with van der Waals surface area (Å²) in [7, 11) is 1.41. The molecular weight excluding hydrogens is 260 g/mol. The number of nitrogens with zero attached hydrogens (tertiary/aromatic N) is 2. The van der Waals surface area contributed by atoms with E-state index in [9.17, 15) is 4.79 Å². The number of benzene rings is 1. The molecule has 2 aromatic rings. The maximum Gasteiger partial charge on any atom is 0.335 e. The van der Waals surface area contributed by atoms with Crippen LogP contribution in [0.4, 0.5) is 0 Å². The molecule has 0 saturated heterocycles. The Morgan fingerprint density at radius 1 is 1.30 bits per heavy atom. The van der Waals surface area contributed by atoms with Crippen molar-refractivity contribution in [2.75, 3.05) is 7.11 Å². The van der Waals surface area contributed by atoms with Crippen LogP contribution in [-0.4, -0.2) is 23.2 Å². The Labute approximate surface area is 114 Å². The van der Waals surface area contributed by atoms with Gasteiger partial charge in [-0.3, -0.25) is 0 Å². The molecule has 0 amide bonds. The van der Waals surface area contributed by atoms with Crippen LogP contribution in [0, 0.1) is 11.3 Å². The predicted molar refractivity (Wildman–Crippen MR) is 69.0 cm³/mol. The second-order valence-corrected chi connectivity index (χ2v) is 3.73. The molecule has 0 unspecified atom stereocenters. The molecule has 0 aliphatic heterocycles. The summed E-state index contributed by atoms with van der Waals surface area (Å²) in [6.45, 7) is 0. The van der Waals surface area contributed by atoms with Crippen LogP contribution < -0.4 is 9.47 Å². The van der Waals surface area contributed by atoms with Crippen molar-refractivity contribution in [3.63, 3.8) is 0 Å². The van der Waals surface area contributed by atoms with Gasteiger partial charge in [0.25, 0.3) is 0 Å². The highest BCUT2D eigenvalue weighted by atomic mass is 16.5. The number of pyridine rings is 1. The largest absolute Gasteiger partial charge is 0.493 e. The van der Waals surface area contributed by atoms with Crippen LogP contribution >= 0.6 is 0 Å². The van der Waals surface area contributed by atoms with Crippen LogP contribution in [0.5, 0.6) is 17.2 Å². The van der Waals surface area contributed by atoms with Gasteiger partial charge in [-0.1, -0.05) is 0 Å². The molecule has 0 aliphatic carbocycles. The predicted octanol–water partition coefficient (Wildman–Crippen LogP) is 2.45. The average Bonchev–Trinajstić information content (AvgIpc) is 2.48. The zero-order valence-electron chi connectivity index (χ0n) is 10.5. The SMILES string of the molecule is COc1cc(C(=O)O)ccc1Oc1cccnc1C#N. The van der Waals surface area contributed by atoms with E-state index in [1.165, 1.54) is 31.5 Å². The molecule has 1 aromatic heterocycles. The third-order valence-corrected chi connectivity index (χ3v) is 2.51. The number of aromatic nitrogens is 1. The normalized spacial score (nSPS) is 9.60. The summed E-state index contributed by atoms with van der Waals surface area (Å²) in [6.07, 6.45) is 1.48. The Kier molecular flexibility index (Phi) is 3.82. The number of methoxy groups -OCH3 is 1. The monoisotopic (exact) mass is 270 g/mol. The Morgan fingerprint density at radius 3 is 2.75 bits per heavy atom. The van der Waals surface area contributed by atoms with E-state index in [0.717, 1.165) is 0 Å². The van der Waals surface area contributed by atoms with E-state index < -0.39 is 5.97 Å². The van der Waals surface area contributed by atoms with Crippen molar-refractivity contribution in [1.29, 1.82) is 5.26 Å². The van der Waals surface area contributed by atoms with Crippen molar-refractivity contribution in [1.82, 2.24) is 4.98 Å². The highest BCUT2D eigenvalue weighted by molar-refractivity contribution is 5.88. The lowest BCUT2D eigenvalue weighted by atomic mass is 10.2. The molecule has 1 aromatic carbocycles. The molecule has 6 heteroatoms. The molecule has 20 heavy (non-hydrogen) atoms. The maximum atomic E-state index is 10.9. The summed E-state index contributed by atoms with van der Waals surface area (Å²) in [6, 6.07) is 9.35. The van der Waals surface area contributed by atoms with Gasteiger partial charge in [0.05, 0.1) is 12.7 Å². The quantitative estimate of drug-likeness (QED) is 0.917. The third-order valence-electron chi connectivity index (χ3n) is 2.51. The Morgan fingerprint density at radius 2 is 2.10 bits per heavy atom. The molecule has 0 fully saturated rings. The van der Waals surface area contributed by atoms with Crippen molar-refractivity contribution in [2.45, 2.75) is 0 Å². The summed E-state index contributed by atoms with van der Waals surface area (Å²) in [5.74, 6) is -0.218. The zero-order chi connectivity index (χ0) is 14.5. The number of nitriles is 1. The fourth-order valence-corrected chi connectivity index (χ4v) is 1.56. The first kappa shape index (κ1) is 13.4. The lowest BCUT2D eigenvalue weighted by molar-refractivity contribution is 0.0696. The van der Waals surface area contributed by atoms with Gasteiger partial charge in [0, 0.05) is 6.20 Å². The summed E-state index contributed by atoms with van der Waals surface area (Å²) in [4.78, 5) is 14.8. The first-order chi connectivity index (χ1) is 9.65. The first-order valence-electron chi connectivity index (χ1n) is 5.60. The molecule has 1 N–H and O–H groups in total. The van der Waals surface area contributed by atoms with Crippen molar-refractivity contribution in [2.24, 2.45) is 0 Å². The number of carbonyl (C=O) groups is 1. The zero-order valence-corrected chi connectivity index (χ0v) is 10.5. The van der Waals surface area contributed by atoms with Gasteiger partial charge >= 0.3 is 5.97 Å². The summed E-state index contributed by atoms with van der Waals surface area (Å²) in [5, 5.41) is 17.9. The van der Waals surface area contributed by atoms with Gasteiger partial charge in [-0.25, -0.2) is 9.78 Å². The van der Waals surface area contributed by atoms with Gasteiger partial charge in [0.2, 0.25) is 0 Å². The summed E-state index contributed by atoms with van der Waals surface area (Å²) < 4.78 is 10.6. The number of hydrogen-bond acceptors (Lipinski definition) is 5. The van der Waals surface area contributed by atoms with E-state index in [4.69, 9.17) is 19.8 Å². The lowest BCUT2D eigenvalue weighted by Crippen LogP contribution is -1.99. The summed E-state index contributed by atoms with van der Waals surface area (Å²) >= 11 is 0. The van der Waals surface area contributed by atoms with E-state index >= 15 is 0 Å². The van der Waals surface area contributed by atoms with E-state index in [1.807, 2.05) is 6.07 Å². The van der Waals surface area contributed by atoms with Gasteiger partial charge in [0.1, 0.15) is 6.07 Å². The van der Waals surface area contributed by atoms with Crippen molar-refractivity contribution >= 4 is 5.97 Å². The average molecular weight is 270 g/mol. The van der Waals surface area contributed by atoms with Gasteiger partial charge < -0.3 is 14.6 Å². The molecule has 1 heterocycles. The fourth-order valence-electron chi connectivity index (χ4n) is 1.56. The van der Waals surface area contributed by atoms with Crippen LogP contribution in [0.2, 0.25) is 0 Å². The Bertz CT molecular complexity index is 692. The smallest absolute Gasteiger partial charge is 0.335 e. The molecule has 0 spiro atoms. The Balaban J connectivity index is 2.39. The van der Waals surface area contributed by atoms with E-state index in [-0.39, 0.29) is 22.8 Å². The van der Waals surface area contributed by atoms with Gasteiger partial charge in [0.15, 0.2) is 22.9 Å². The second-order valence-electron chi connectivity index (χ2n) is 3.73. The summed E-state index contributed by atoms with van der Waals surface area (Å²) in [5.41, 5.74) is 0.220. The van der Waals surface area contributed by atoms with Crippen LogP contribution in [0.25, 0.3) is 0 Å². The van der Waals surface area contributed by atoms with Gasteiger partial charge in [-0.05, 0) is 30.3 Å². The van der Waals surface area contributed by atoms with Crippen LogP contribution in [-0.2, 0) is 0 Å². The number of carboxylic acid groups (broad SMARTS) is 1. The number of hydrogen-bond donors (Lipinski definition) is 1. The molecule has 0 bridgehead atoms. The van der Waals surface area contributed by atoms with Crippen molar-refractivity contribution in [3.8, 4) is 23.3 Å². The third kappa shape index (κ3) is 2.67. The molecule has 0 atom stereocenters. The van der Waals surface area contributed by atoms with Gasteiger partial charge in [-0.15, -0.1) is 0 Å². The standard InChI is InChI=1S/C14H10N2O4/c1-19-13-7-9(14(17)18)4-5-12(13)20-11-3-2-6-16-10(11)8-15/h2-7H,1H3,(H,17,18). The molecular formula is C14H10N2O4. The minimum atomic E-state index is -1.06. The van der Waals surface area contributed by atoms with E-state index in [1.54, 1.807) is 12.1 Å². The highest BCUT2D eigenvalue weighted by Crippen LogP contribution is 2.33. The topological polar surface area (TPSA) is 92.4 Å².